The summed E-state index contributed by atoms with van der Waals surface area (Å²) in [5.41, 5.74) is 1.73. The Morgan fingerprint density at radius 3 is 2.59 bits per heavy atom. The minimum Gasteiger partial charge on any atom is -0.497 e. The molecule has 0 bridgehead atoms. The van der Waals surface area contributed by atoms with Gasteiger partial charge in [0.05, 0.1) is 7.11 Å². The lowest BCUT2D eigenvalue weighted by atomic mass is 9.93. The molecule has 22 heavy (non-hydrogen) atoms. The number of amides is 1. The van der Waals surface area contributed by atoms with Gasteiger partial charge in [0.2, 0.25) is 0 Å². The Bertz CT molecular complexity index is 582. The van der Waals surface area contributed by atoms with E-state index >= 15 is 0 Å². The van der Waals surface area contributed by atoms with Crippen LogP contribution in [0.2, 0.25) is 0 Å². The lowest BCUT2D eigenvalue weighted by Crippen LogP contribution is -2.26. The highest BCUT2D eigenvalue weighted by molar-refractivity contribution is 5.92. The van der Waals surface area contributed by atoms with Gasteiger partial charge in [0.25, 0.3) is 5.91 Å². The summed E-state index contributed by atoms with van der Waals surface area (Å²) in [4.78, 5) is 16.0. The maximum absolute atomic E-state index is 11.9. The van der Waals surface area contributed by atoms with Crippen LogP contribution < -0.4 is 10.1 Å². The maximum atomic E-state index is 11.9. The normalized spacial score (nSPS) is 11.7. The molecule has 2 rings (SSSR count). The second kappa shape index (κ2) is 8.17. The number of ether oxygens (including phenoxy) is 1. The highest BCUT2D eigenvalue weighted by Gasteiger charge is 2.11. The van der Waals surface area contributed by atoms with E-state index in [9.17, 15) is 4.79 Å². The highest BCUT2D eigenvalue weighted by atomic mass is 16.5. The first-order valence-electron chi connectivity index (χ1n) is 7.57. The molecule has 0 spiro atoms. The molecule has 0 saturated heterocycles. The van der Waals surface area contributed by atoms with Crippen LogP contribution in [0.15, 0.2) is 48.7 Å². The molecular weight excluding hydrogens is 276 g/mol. The average molecular weight is 298 g/mol. The third-order valence-electron chi connectivity index (χ3n) is 3.76. The van der Waals surface area contributed by atoms with Crippen LogP contribution in [0.3, 0.4) is 0 Å². The highest BCUT2D eigenvalue weighted by Crippen LogP contribution is 2.24. The van der Waals surface area contributed by atoms with E-state index in [4.69, 9.17) is 4.74 Å². The molecule has 2 aromatic rings. The fourth-order valence-corrected chi connectivity index (χ4v) is 2.43. The van der Waals surface area contributed by atoms with E-state index in [0.29, 0.717) is 18.2 Å². The van der Waals surface area contributed by atoms with Crippen molar-refractivity contribution in [3.63, 3.8) is 0 Å². The molecule has 4 nitrogen and oxygen atoms in total. The third-order valence-corrected chi connectivity index (χ3v) is 3.76. The van der Waals surface area contributed by atoms with Gasteiger partial charge in [-0.2, -0.15) is 0 Å². The fourth-order valence-electron chi connectivity index (χ4n) is 2.43. The monoisotopic (exact) mass is 298 g/mol. The summed E-state index contributed by atoms with van der Waals surface area (Å²) >= 11 is 0. The standard InChI is InChI=1S/C18H22N2O2/c1-3-14(15-7-9-16(22-2)10-8-15)11-13-20-18(21)17-6-4-5-12-19-17/h4-10,12,14H,3,11,13H2,1-2H3,(H,20,21)/t14-/m0/s1. The number of methoxy groups -OCH3 is 1. The van der Waals surface area contributed by atoms with Crippen LogP contribution >= 0.6 is 0 Å². The van der Waals surface area contributed by atoms with Crippen molar-refractivity contribution in [2.24, 2.45) is 0 Å². The molecule has 0 aliphatic rings. The predicted molar refractivity (Wildman–Crippen MR) is 87.2 cm³/mol. The van der Waals surface area contributed by atoms with Gasteiger partial charge in [0, 0.05) is 12.7 Å². The lowest BCUT2D eigenvalue weighted by Gasteiger charge is -2.16. The van der Waals surface area contributed by atoms with Gasteiger partial charge >= 0.3 is 0 Å². The molecule has 0 unspecified atom stereocenters. The van der Waals surface area contributed by atoms with Gasteiger partial charge in [-0.1, -0.05) is 25.1 Å². The maximum Gasteiger partial charge on any atom is 0.269 e. The van der Waals surface area contributed by atoms with Gasteiger partial charge in [-0.3, -0.25) is 9.78 Å². The van der Waals surface area contributed by atoms with Gasteiger partial charge < -0.3 is 10.1 Å². The van der Waals surface area contributed by atoms with Gasteiger partial charge in [0.1, 0.15) is 11.4 Å². The van der Waals surface area contributed by atoms with Crippen molar-refractivity contribution >= 4 is 5.91 Å². The predicted octanol–water partition coefficient (Wildman–Crippen LogP) is 3.40. The molecule has 1 amide bonds. The van der Waals surface area contributed by atoms with Crippen LogP contribution in [0.25, 0.3) is 0 Å². The zero-order valence-electron chi connectivity index (χ0n) is 13.1. The number of nitrogens with one attached hydrogen (secondary N) is 1. The molecule has 0 saturated carbocycles. The number of nitrogens with zero attached hydrogens (tertiary/aromatic N) is 1. The van der Waals surface area contributed by atoms with E-state index in [1.807, 2.05) is 18.2 Å². The second-order valence-corrected chi connectivity index (χ2v) is 5.14. The third kappa shape index (κ3) is 4.32. The van der Waals surface area contributed by atoms with Crippen molar-refractivity contribution in [2.45, 2.75) is 25.7 Å². The minimum absolute atomic E-state index is 0.120. The number of carbonyl (C=O) groups is 1. The van der Waals surface area contributed by atoms with E-state index in [2.05, 4.69) is 29.4 Å². The van der Waals surface area contributed by atoms with E-state index < -0.39 is 0 Å². The number of carbonyl (C=O) groups excluding carboxylic acids is 1. The van der Waals surface area contributed by atoms with Crippen molar-refractivity contribution in [1.29, 1.82) is 0 Å². The molecule has 0 fully saturated rings. The Kier molecular flexibility index (Phi) is 5.95. The summed E-state index contributed by atoms with van der Waals surface area (Å²) in [6.45, 7) is 2.80. The van der Waals surface area contributed by atoms with Crippen LogP contribution in [0, 0.1) is 0 Å². The van der Waals surface area contributed by atoms with Gasteiger partial charge in [-0.15, -0.1) is 0 Å². The van der Waals surface area contributed by atoms with Gasteiger partial charge in [-0.05, 0) is 48.6 Å². The quantitative estimate of drug-likeness (QED) is 0.852. The number of rotatable bonds is 7. The van der Waals surface area contributed by atoms with Crippen LogP contribution in [0.5, 0.6) is 5.75 Å². The number of hydrogen-bond acceptors (Lipinski definition) is 3. The Morgan fingerprint density at radius 1 is 1.23 bits per heavy atom. The zero-order valence-corrected chi connectivity index (χ0v) is 13.1. The molecule has 1 atom stereocenters. The SMILES string of the molecule is CC[C@@H](CCNC(=O)c1ccccn1)c1ccc(OC)cc1. The van der Waals surface area contributed by atoms with Crippen molar-refractivity contribution < 1.29 is 9.53 Å². The summed E-state index contributed by atoms with van der Waals surface area (Å²) < 4.78 is 5.18. The van der Waals surface area contributed by atoms with E-state index in [0.717, 1.165) is 18.6 Å². The van der Waals surface area contributed by atoms with E-state index in [1.54, 1.807) is 25.4 Å². The van der Waals surface area contributed by atoms with Crippen molar-refractivity contribution in [2.75, 3.05) is 13.7 Å². The molecule has 0 aliphatic heterocycles. The number of aromatic nitrogens is 1. The number of benzene rings is 1. The number of hydrogen-bond donors (Lipinski definition) is 1. The molecule has 1 N–H and O–H groups in total. The topological polar surface area (TPSA) is 51.2 Å². The second-order valence-electron chi connectivity index (χ2n) is 5.14. The van der Waals surface area contributed by atoms with Crippen LogP contribution in [-0.2, 0) is 0 Å². The average Bonchev–Trinajstić information content (AvgIpc) is 2.59. The molecule has 4 heteroatoms. The van der Waals surface area contributed by atoms with Crippen LogP contribution in [0.4, 0.5) is 0 Å². The lowest BCUT2D eigenvalue weighted by molar-refractivity contribution is 0.0947. The van der Waals surface area contributed by atoms with Gasteiger partial charge in [0.15, 0.2) is 0 Å². The molecule has 1 heterocycles. The first-order chi connectivity index (χ1) is 10.7. The largest absolute Gasteiger partial charge is 0.497 e. The summed E-state index contributed by atoms with van der Waals surface area (Å²) in [7, 11) is 1.67. The Hall–Kier alpha value is -2.36. The van der Waals surface area contributed by atoms with Crippen molar-refractivity contribution in [3.8, 4) is 5.75 Å². The van der Waals surface area contributed by atoms with E-state index in [1.165, 1.54) is 5.56 Å². The summed E-state index contributed by atoms with van der Waals surface area (Å²) in [6.07, 6.45) is 3.56. The molecule has 0 aliphatic carbocycles. The van der Waals surface area contributed by atoms with Crippen LogP contribution in [-0.4, -0.2) is 24.5 Å². The minimum atomic E-state index is -0.120. The Balaban J connectivity index is 1.87. The Labute approximate surface area is 131 Å². The fraction of sp³-hybridized carbons (Fsp3) is 0.333. The molecule has 1 aromatic carbocycles. The first kappa shape index (κ1) is 16.0. The van der Waals surface area contributed by atoms with Crippen molar-refractivity contribution in [3.05, 3.63) is 59.9 Å². The molecule has 1 aromatic heterocycles. The number of pyridine rings is 1. The summed E-state index contributed by atoms with van der Waals surface area (Å²) in [6, 6.07) is 13.5. The molecule has 116 valence electrons. The van der Waals surface area contributed by atoms with Gasteiger partial charge in [-0.25, -0.2) is 0 Å². The van der Waals surface area contributed by atoms with E-state index in [-0.39, 0.29) is 5.91 Å². The summed E-state index contributed by atoms with van der Waals surface area (Å²) in [5, 5.41) is 2.93. The van der Waals surface area contributed by atoms with Crippen molar-refractivity contribution in [1.82, 2.24) is 10.3 Å². The van der Waals surface area contributed by atoms with Crippen LogP contribution in [0.1, 0.15) is 41.7 Å². The summed E-state index contributed by atoms with van der Waals surface area (Å²) in [5.74, 6) is 1.17. The molecular formula is C18H22N2O2. The molecule has 0 radical (unpaired) electrons. The zero-order chi connectivity index (χ0) is 15.8. The first-order valence-corrected chi connectivity index (χ1v) is 7.57. The smallest absolute Gasteiger partial charge is 0.269 e. The Morgan fingerprint density at radius 2 is 2.00 bits per heavy atom.